The lowest BCUT2D eigenvalue weighted by Crippen LogP contribution is -2.41. The Balaban J connectivity index is 1.58. The highest BCUT2D eigenvalue weighted by Gasteiger charge is 2.30. The minimum atomic E-state index is -0.611. The lowest BCUT2D eigenvalue weighted by molar-refractivity contribution is -0.120. The number of aromatic nitrogens is 2. The van der Waals surface area contributed by atoms with E-state index in [2.05, 4.69) is 9.97 Å². The number of benzene rings is 2. The van der Waals surface area contributed by atoms with E-state index >= 15 is 0 Å². The zero-order chi connectivity index (χ0) is 23.0. The number of amides is 1. The molecule has 1 aromatic heterocycles. The summed E-state index contributed by atoms with van der Waals surface area (Å²) in [6, 6.07) is 7.07. The van der Waals surface area contributed by atoms with Crippen LogP contribution in [0.3, 0.4) is 0 Å². The molecule has 9 heteroatoms. The normalized spacial score (nSPS) is 16.5. The van der Waals surface area contributed by atoms with Gasteiger partial charge in [-0.3, -0.25) is 4.79 Å². The van der Waals surface area contributed by atoms with Gasteiger partial charge in [-0.25, -0.2) is 13.8 Å². The van der Waals surface area contributed by atoms with Gasteiger partial charge in [-0.05, 0) is 49.4 Å². The van der Waals surface area contributed by atoms with Crippen LogP contribution in [0.5, 0.6) is 0 Å². The zero-order valence-electron chi connectivity index (χ0n) is 17.6. The number of hydrogen-bond acceptors (Lipinski definition) is 3. The predicted octanol–water partition coefficient (Wildman–Crippen LogP) is 6.06. The van der Waals surface area contributed by atoms with Gasteiger partial charge >= 0.3 is 0 Å². The number of hydrogen-bond donors (Lipinski definition) is 1. The first kappa shape index (κ1) is 22.6. The number of imidazole rings is 1. The molecule has 0 saturated carbocycles. The van der Waals surface area contributed by atoms with Gasteiger partial charge in [0.2, 0.25) is 5.91 Å². The fourth-order valence-electron chi connectivity index (χ4n) is 4.02. The predicted molar refractivity (Wildman–Crippen MR) is 123 cm³/mol. The van der Waals surface area contributed by atoms with Crippen molar-refractivity contribution in [3.05, 3.63) is 69.6 Å². The second-order valence-corrected chi connectivity index (χ2v) is 8.83. The summed E-state index contributed by atoms with van der Waals surface area (Å²) >= 11 is 13.2. The molecule has 1 aliphatic rings. The van der Waals surface area contributed by atoms with Crippen molar-refractivity contribution in [2.75, 3.05) is 23.4 Å². The summed E-state index contributed by atoms with van der Waals surface area (Å²) in [6.45, 7) is 2.21. The van der Waals surface area contributed by atoms with Gasteiger partial charge in [-0.1, -0.05) is 29.3 Å². The molecule has 2 aromatic carbocycles. The molecule has 0 aliphatic carbocycles. The monoisotopic (exact) mass is 478 g/mol. The third kappa shape index (κ3) is 4.59. The Bertz CT molecular complexity index is 1140. The van der Waals surface area contributed by atoms with Gasteiger partial charge in [0.25, 0.3) is 0 Å². The molecule has 3 aromatic rings. The molecule has 2 heterocycles. The summed E-state index contributed by atoms with van der Waals surface area (Å²) in [5, 5.41) is 0.690. The largest absolute Gasteiger partial charge is 0.330 e. The highest BCUT2D eigenvalue weighted by atomic mass is 35.5. The van der Waals surface area contributed by atoms with Gasteiger partial charge in [0, 0.05) is 31.8 Å². The summed E-state index contributed by atoms with van der Waals surface area (Å²) in [6.07, 6.45) is 3.01. The van der Waals surface area contributed by atoms with Crippen LogP contribution in [0.15, 0.2) is 36.5 Å². The molecule has 0 spiro atoms. The van der Waals surface area contributed by atoms with Gasteiger partial charge in [0.1, 0.15) is 23.3 Å². The highest BCUT2D eigenvalue weighted by Crippen LogP contribution is 2.41. The quantitative estimate of drug-likeness (QED) is 0.484. The Morgan fingerprint density at radius 1 is 1.22 bits per heavy atom. The molecule has 32 heavy (non-hydrogen) atoms. The Hall–Kier alpha value is -2.64. The number of aromatic amines is 1. The van der Waals surface area contributed by atoms with Crippen molar-refractivity contribution in [3.63, 3.8) is 0 Å². The summed E-state index contributed by atoms with van der Waals surface area (Å²) in [5.74, 6) is 0.276. The van der Waals surface area contributed by atoms with Gasteiger partial charge in [-0.15, -0.1) is 0 Å². The highest BCUT2D eigenvalue weighted by molar-refractivity contribution is 6.40. The minimum absolute atomic E-state index is 0.00452. The molecule has 0 radical (unpaired) electrons. The molecule has 1 unspecified atom stereocenters. The van der Waals surface area contributed by atoms with Crippen molar-refractivity contribution < 1.29 is 13.6 Å². The molecule has 4 rings (SSSR count). The summed E-state index contributed by atoms with van der Waals surface area (Å²) in [7, 11) is 1.86. The number of nitrogens with zero attached hydrogens (tertiary/aromatic N) is 3. The molecule has 1 atom stereocenters. The van der Waals surface area contributed by atoms with E-state index in [9.17, 15) is 13.6 Å². The number of carbonyl (C=O) groups is 1. The number of carbonyl (C=O) groups excluding carboxylic acids is 1. The molecule has 5 nitrogen and oxygen atoms in total. The van der Waals surface area contributed by atoms with Crippen molar-refractivity contribution in [1.29, 1.82) is 0 Å². The van der Waals surface area contributed by atoms with Crippen LogP contribution >= 0.6 is 23.2 Å². The average Bonchev–Trinajstić information content (AvgIpc) is 3.17. The molecule has 1 saturated heterocycles. The van der Waals surface area contributed by atoms with Gasteiger partial charge in [0.05, 0.1) is 21.9 Å². The van der Waals surface area contributed by atoms with E-state index in [1.807, 2.05) is 18.9 Å². The van der Waals surface area contributed by atoms with Gasteiger partial charge < -0.3 is 14.8 Å². The van der Waals surface area contributed by atoms with Crippen LogP contribution in [-0.2, 0) is 11.2 Å². The van der Waals surface area contributed by atoms with E-state index in [4.69, 9.17) is 23.2 Å². The molecule has 1 fully saturated rings. The van der Waals surface area contributed by atoms with E-state index in [0.717, 1.165) is 23.4 Å². The van der Waals surface area contributed by atoms with Crippen molar-refractivity contribution in [2.24, 2.45) is 5.92 Å². The number of anilines is 3. The van der Waals surface area contributed by atoms with E-state index in [1.165, 1.54) is 12.1 Å². The topological polar surface area (TPSA) is 52.2 Å². The number of aryl methyl sites for hydroxylation is 1. The second kappa shape index (κ2) is 9.08. The number of rotatable bonds is 5. The maximum atomic E-state index is 14.1. The van der Waals surface area contributed by atoms with E-state index in [-0.39, 0.29) is 11.8 Å². The van der Waals surface area contributed by atoms with E-state index in [0.29, 0.717) is 47.1 Å². The van der Waals surface area contributed by atoms with Crippen LogP contribution in [0.4, 0.5) is 26.0 Å². The maximum Gasteiger partial charge on any atom is 0.227 e. The number of piperidine rings is 1. The zero-order valence-corrected chi connectivity index (χ0v) is 19.1. The fourth-order valence-corrected chi connectivity index (χ4v) is 4.70. The SMILES string of the molecule is Cc1ncc(N(C)c2cc(Cl)c(N3CC(Cc4ccc(F)cc4F)CCC3=O)c(Cl)c2)[nH]1. The molecule has 1 N–H and O–H groups in total. The van der Waals surface area contributed by atoms with Crippen LogP contribution in [0.1, 0.15) is 24.2 Å². The van der Waals surface area contributed by atoms with Crippen LogP contribution in [0, 0.1) is 24.5 Å². The Labute approximate surface area is 195 Å². The van der Waals surface area contributed by atoms with E-state index in [1.54, 1.807) is 23.2 Å². The lowest BCUT2D eigenvalue weighted by Gasteiger charge is -2.34. The van der Waals surface area contributed by atoms with Crippen LogP contribution in [-0.4, -0.2) is 29.5 Å². The molecular formula is C23H22Cl2F2N4O. The standard InChI is InChI=1S/C23H22Cl2F2N4O/c1-13-28-11-21(29-13)30(2)17-9-18(24)23(19(25)10-17)31-12-14(3-6-22(31)32)7-15-4-5-16(26)8-20(15)27/h4-5,8-11,14H,3,6-7,12H2,1-2H3,(H,28,29). The third-order valence-electron chi connectivity index (χ3n) is 5.74. The Kier molecular flexibility index (Phi) is 6.40. The van der Waals surface area contributed by atoms with Crippen LogP contribution in [0.25, 0.3) is 0 Å². The lowest BCUT2D eigenvalue weighted by atomic mass is 9.90. The van der Waals surface area contributed by atoms with Crippen LogP contribution < -0.4 is 9.80 Å². The fraction of sp³-hybridized carbons (Fsp3) is 0.304. The first-order chi connectivity index (χ1) is 15.2. The minimum Gasteiger partial charge on any atom is -0.330 e. The maximum absolute atomic E-state index is 14.1. The van der Waals surface area contributed by atoms with Crippen molar-refractivity contribution in [3.8, 4) is 0 Å². The number of nitrogens with one attached hydrogen (secondary N) is 1. The summed E-state index contributed by atoms with van der Waals surface area (Å²) in [4.78, 5) is 23.5. The van der Waals surface area contributed by atoms with Crippen molar-refractivity contribution >= 4 is 46.3 Å². The molecule has 0 bridgehead atoms. The van der Waals surface area contributed by atoms with Gasteiger partial charge in [0.15, 0.2) is 0 Å². The smallest absolute Gasteiger partial charge is 0.227 e. The molecule has 168 valence electrons. The number of halogens is 4. The third-order valence-corrected chi connectivity index (χ3v) is 6.32. The van der Waals surface area contributed by atoms with Crippen LogP contribution in [0.2, 0.25) is 10.0 Å². The number of H-pyrrole nitrogens is 1. The van der Waals surface area contributed by atoms with Crippen molar-refractivity contribution in [1.82, 2.24) is 9.97 Å². The van der Waals surface area contributed by atoms with E-state index < -0.39 is 11.6 Å². The average molecular weight is 479 g/mol. The first-order valence-electron chi connectivity index (χ1n) is 10.2. The summed E-state index contributed by atoms with van der Waals surface area (Å²) < 4.78 is 27.3. The van der Waals surface area contributed by atoms with Gasteiger partial charge in [-0.2, -0.15) is 0 Å². The Morgan fingerprint density at radius 3 is 2.56 bits per heavy atom. The Morgan fingerprint density at radius 2 is 1.94 bits per heavy atom. The molecule has 1 amide bonds. The molecular weight excluding hydrogens is 457 g/mol. The second-order valence-electron chi connectivity index (χ2n) is 8.02. The first-order valence-corrected chi connectivity index (χ1v) is 11.0. The molecule has 1 aliphatic heterocycles. The summed E-state index contributed by atoms with van der Waals surface area (Å²) in [5.41, 5.74) is 1.61. The van der Waals surface area contributed by atoms with Crippen molar-refractivity contribution in [2.45, 2.75) is 26.2 Å².